The molecule has 2 amide bonds. The molecule has 2 aliphatic heterocycles. The van der Waals surface area contributed by atoms with Crippen LogP contribution in [-0.4, -0.2) is 41.3 Å². The lowest BCUT2D eigenvalue weighted by molar-refractivity contribution is -0.130. The van der Waals surface area contributed by atoms with Crippen molar-refractivity contribution in [2.45, 2.75) is 32.1 Å². The van der Waals surface area contributed by atoms with Crippen molar-refractivity contribution in [2.24, 2.45) is 11.8 Å². The number of rotatable bonds is 3. The van der Waals surface area contributed by atoms with Gasteiger partial charge in [-0.25, -0.2) is 0 Å². The molecule has 2 saturated heterocycles. The van der Waals surface area contributed by atoms with Crippen LogP contribution in [0.3, 0.4) is 0 Å². The van der Waals surface area contributed by atoms with Crippen LogP contribution in [0.15, 0.2) is 36.2 Å². The van der Waals surface area contributed by atoms with E-state index in [1.807, 2.05) is 21.9 Å². The van der Waals surface area contributed by atoms with E-state index in [0.717, 1.165) is 18.5 Å². The van der Waals surface area contributed by atoms with Crippen molar-refractivity contribution in [3.05, 3.63) is 36.2 Å². The third-order valence-electron chi connectivity index (χ3n) is 5.51. The number of nitrogens with zero attached hydrogens (tertiary/aromatic N) is 3. The molecular weight excluding hydrogens is 302 g/mol. The Bertz CT molecular complexity index is 670. The van der Waals surface area contributed by atoms with Crippen LogP contribution in [0.1, 0.15) is 32.1 Å². The Labute approximate surface area is 142 Å². The zero-order chi connectivity index (χ0) is 16.5. The molecule has 4 rings (SSSR count). The molecule has 0 radical (unpaired) electrons. The van der Waals surface area contributed by atoms with Crippen molar-refractivity contribution >= 4 is 17.5 Å². The number of carbonyl (C=O) groups excluding carboxylic acids is 2. The molecule has 1 aliphatic carbocycles. The molecule has 1 aromatic heterocycles. The fraction of sp³-hybridized carbons (Fsp3) is 0.526. The van der Waals surface area contributed by atoms with Gasteiger partial charge in [-0.15, -0.1) is 0 Å². The van der Waals surface area contributed by atoms with E-state index >= 15 is 0 Å². The zero-order valence-corrected chi connectivity index (χ0v) is 13.9. The molecule has 2 atom stereocenters. The SMILES string of the molecule is O=C(CC1=CCCCC1)N1C[C@H]2CN(c3cccnc3)C(=O)[C@H]2C1. The molecule has 0 spiro atoms. The Balaban J connectivity index is 1.39. The van der Waals surface area contributed by atoms with E-state index < -0.39 is 0 Å². The van der Waals surface area contributed by atoms with Crippen LogP contribution in [0.25, 0.3) is 0 Å². The van der Waals surface area contributed by atoms with Crippen LogP contribution in [0, 0.1) is 11.8 Å². The highest BCUT2D eigenvalue weighted by Crippen LogP contribution is 2.35. The summed E-state index contributed by atoms with van der Waals surface area (Å²) in [7, 11) is 0. The number of anilines is 1. The first-order chi connectivity index (χ1) is 11.7. The number of hydrogen-bond acceptors (Lipinski definition) is 3. The molecule has 126 valence electrons. The molecule has 0 N–H and O–H groups in total. The van der Waals surface area contributed by atoms with Crippen molar-refractivity contribution in [1.82, 2.24) is 9.88 Å². The molecule has 2 fully saturated rings. The highest BCUT2D eigenvalue weighted by atomic mass is 16.2. The third kappa shape index (κ3) is 2.83. The average molecular weight is 325 g/mol. The summed E-state index contributed by atoms with van der Waals surface area (Å²) in [6, 6.07) is 3.77. The molecule has 0 saturated carbocycles. The molecule has 0 bridgehead atoms. The smallest absolute Gasteiger partial charge is 0.232 e. The highest BCUT2D eigenvalue weighted by Gasteiger charge is 2.47. The minimum Gasteiger partial charge on any atom is -0.341 e. The van der Waals surface area contributed by atoms with Crippen LogP contribution in [0.5, 0.6) is 0 Å². The number of hydrogen-bond donors (Lipinski definition) is 0. The maximum atomic E-state index is 12.7. The van der Waals surface area contributed by atoms with Crippen LogP contribution in [0.2, 0.25) is 0 Å². The molecule has 5 heteroatoms. The summed E-state index contributed by atoms with van der Waals surface area (Å²) in [5, 5.41) is 0. The molecule has 0 unspecified atom stereocenters. The Hall–Kier alpha value is -2.17. The van der Waals surface area contributed by atoms with Crippen molar-refractivity contribution in [3.8, 4) is 0 Å². The predicted molar refractivity (Wildman–Crippen MR) is 91.3 cm³/mol. The minimum atomic E-state index is -0.0468. The number of likely N-dealkylation sites (tertiary alicyclic amines) is 1. The summed E-state index contributed by atoms with van der Waals surface area (Å²) in [6.45, 7) is 1.98. The largest absolute Gasteiger partial charge is 0.341 e. The molecule has 3 heterocycles. The van der Waals surface area contributed by atoms with Crippen molar-refractivity contribution in [3.63, 3.8) is 0 Å². The van der Waals surface area contributed by atoms with Gasteiger partial charge >= 0.3 is 0 Å². The second-order valence-electron chi connectivity index (χ2n) is 7.11. The van der Waals surface area contributed by atoms with Crippen molar-refractivity contribution < 1.29 is 9.59 Å². The number of carbonyl (C=O) groups is 2. The quantitative estimate of drug-likeness (QED) is 0.802. The fourth-order valence-corrected chi connectivity index (χ4v) is 4.18. The summed E-state index contributed by atoms with van der Waals surface area (Å²) in [4.78, 5) is 33.1. The normalized spacial score (nSPS) is 26.5. The number of allylic oxidation sites excluding steroid dienone is 1. The van der Waals surface area contributed by atoms with Gasteiger partial charge in [0.05, 0.1) is 17.8 Å². The van der Waals surface area contributed by atoms with Crippen molar-refractivity contribution in [2.75, 3.05) is 24.5 Å². The topological polar surface area (TPSA) is 53.5 Å². The maximum Gasteiger partial charge on any atom is 0.232 e. The standard InChI is InChI=1S/C19H23N3O2/c23-18(9-14-5-2-1-3-6-14)21-11-15-12-22(19(24)17(15)13-21)16-7-4-8-20-10-16/h4-5,7-8,10,15,17H,1-3,6,9,11-13H2/t15-,17-/m0/s1. The monoisotopic (exact) mass is 325 g/mol. The molecule has 1 aromatic rings. The van der Waals surface area contributed by atoms with Crippen molar-refractivity contribution in [1.29, 1.82) is 0 Å². The van der Waals surface area contributed by atoms with Gasteiger partial charge in [-0.1, -0.05) is 11.6 Å². The lowest BCUT2D eigenvalue weighted by Gasteiger charge is -2.22. The molecule has 3 aliphatic rings. The number of fused-ring (bicyclic) bond motifs is 1. The van der Waals surface area contributed by atoms with Crippen LogP contribution in [-0.2, 0) is 9.59 Å². The molecule has 5 nitrogen and oxygen atoms in total. The first-order valence-electron chi connectivity index (χ1n) is 8.89. The van der Waals surface area contributed by atoms with E-state index in [2.05, 4.69) is 11.1 Å². The fourth-order valence-electron chi connectivity index (χ4n) is 4.18. The summed E-state index contributed by atoms with van der Waals surface area (Å²) < 4.78 is 0. The van der Waals surface area contributed by atoms with Gasteiger partial charge in [0.15, 0.2) is 0 Å². The summed E-state index contributed by atoms with van der Waals surface area (Å²) >= 11 is 0. The average Bonchev–Trinajstić information content (AvgIpc) is 3.16. The van der Waals surface area contributed by atoms with Gasteiger partial charge in [-0.05, 0) is 37.8 Å². The van der Waals surface area contributed by atoms with Gasteiger partial charge in [0.2, 0.25) is 11.8 Å². The predicted octanol–water partition coefficient (Wildman–Crippen LogP) is 2.39. The Morgan fingerprint density at radius 1 is 1.25 bits per heavy atom. The third-order valence-corrected chi connectivity index (χ3v) is 5.51. The van der Waals surface area contributed by atoms with Crippen LogP contribution in [0.4, 0.5) is 5.69 Å². The number of amides is 2. The Morgan fingerprint density at radius 3 is 2.88 bits per heavy atom. The van der Waals surface area contributed by atoms with Crippen LogP contribution >= 0.6 is 0 Å². The summed E-state index contributed by atoms with van der Waals surface area (Å²) in [6.07, 6.45) is 10.8. The lowest BCUT2D eigenvalue weighted by atomic mass is 9.97. The van der Waals surface area contributed by atoms with E-state index in [4.69, 9.17) is 0 Å². The van der Waals surface area contributed by atoms with Crippen LogP contribution < -0.4 is 4.90 Å². The molecular formula is C19H23N3O2. The Kier molecular flexibility index (Phi) is 4.08. The van der Waals surface area contributed by atoms with Gasteiger partial charge in [-0.3, -0.25) is 14.6 Å². The Morgan fingerprint density at radius 2 is 2.17 bits per heavy atom. The molecule has 0 aromatic carbocycles. The highest BCUT2D eigenvalue weighted by molar-refractivity contribution is 5.98. The first-order valence-corrected chi connectivity index (χ1v) is 8.89. The molecule has 24 heavy (non-hydrogen) atoms. The minimum absolute atomic E-state index is 0.0468. The van der Waals surface area contributed by atoms with Gasteiger partial charge in [0.25, 0.3) is 0 Å². The second-order valence-corrected chi connectivity index (χ2v) is 7.11. The van der Waals surface area contributed by atoms with Gasteiger partial charge < -0.3 is 9.80 Å². The summed E-state index contributed by atoms with van der Waals surface area (Å²) in [5.41, 5.74) is 2.15. The van der Waals surface area contributed by atoms with Gasteiger partial charge in [0, 0.05) is 38.2 Å². The van der Waals surface area contributed by atoms with E-state index in [1.54, 1.807) is 12.4 Å². The first kappa shape index (κ1) is 15.4. The van der Waals surface area contributed by atoms with Gasteiger partial charge in [0.1, 0.15) is 0 Å². The lowest BCUT2D eigenvalue weighted by Crippen LogP contribution is -2.35. The van der Waals surface area contributed by atoms with Gasteiger partial charge in [-0.2, -0.15) is 0 Å². The maximum absolute atomic E-state index is 12.7. The second kappa shape index (κ2) is 6.38. The number of pyridine rings is 1. The number of aromatic nitrogens is 1. The van der Waals surface area contributed by atoms with E-state index in [0.29, 0.717) is 26.1 Å². The zero-order valence-electron chi connectivity index (χ0n) is 13.9. The summed E-state index contributed by atoms with van der Waals surface area (Å²) in [5.74, 6) is 0.537. The van der Waals surface area contributed by atoms with E-state index in [-0.39, 0.29) is 23.7 Å². The van der Waals surface area contributed by atoms with E-state index in [9.17, 15) is 9.59 Å². The van der Waals surface area contributed by atoms with E-state index in [1.165, 1.54) is 18.4 Å².